The third kappa shape index (κ3) is 3.34. The quantitative estimate of drug-likeness (QED) is 0.784. The number of phenols is 1. The number of aliphatic hydroxyl groups is 1. The van der Waals surface area contributed by atoms with E-state index in [-0.39, 0.29) is 23.8 Å². The highest BCUT2D eigenvalue weighted by molar-refractivity contribution is 9.10. The summed E-state index contributed by atoms with van der Waals surface area (Å²) >= 11 is 3.38. The molecule has 0 saturated carbocycles. The van der Waals surface area contributed by atoms with E-state index < -0.39 is 0 Å². The van der Waals surface area contributed by atoms with Crippen LogP contribution in [0.3, 0.4) is 0 Å². The monoisotopic (exact) mass is 342 g/mol. The van der Waals surface area contributed by atoms with E-state index in [1.807, 2.05) is 12.1 Å². The van der Waals surface area contributed by atoms with E-state index >= 15 is 0 Å². The number of piperazine rings is 1. The van der Waals surface area contributed by atoms with Gasteiger partial charge in [0, 0.05) is 44.2 Å². The molecule has 5 heteroatoms. The van der Waals surface area contributed by atoms with Crippen LogP contribution in [0.15, 0.2) is 22.7 Å². The number of aromatic hydroxyl groups is 1. The second kappa shape index (κ2) is 6.43. The van der Waals surface area contributed by atoms with Gasteiger partial charge in [0.15, 0.2) is 0 Å². The standard InChI is InChI=1S/C15H23BrN2O2/c1-15(2,10-19)14(18-7-5-17-6-8-18)11-3-4-13(20)12(16)9-11/h3-4,9,14,17,19-20H,5-8,10H2,1-2H3/t14-/m0/s1. The summed E-state index contributed by atoms with van der Waals surface area (Å²) in [6, 6.07) is 5.75. The molecule has 112 valence electrons. The molecule has 20 heavy (non-hydrogen) atoms. The van der Waals surface area contributed by atoms with Crippen molar-refractivity contribution >= 4 is 15.9 Å². The van der Waals surface area contributed by atoms with Crippen LogP contribution in [0.25, 0.3) is 0 Å². The number of phenolic OH excluding ortho intramolecular Hbond substituents is 1. The Labute approximate surface area is 128 Å². The lowest BCUT2D eigenvalue weighted by molar-refractivity contribution is 0.0305. The van der Waals surface area contributed by atoms with Crippen molar-refractivity contribution in [2.75, 3.05) is 32.8 Å². The molecule has 4 nitrogen and oxygen atoms in total. The van der Waals surface area contributed by atoms with Crippen molar-refractivity contribution in [1.29, 1.82) is 0 Å². The number of rotatable bonds is 4. The average Bonchev–Trinajstić information content (AvgIpc) is 2.44. The fraction of sp³-hybridized carbons (Fsp3) is 0.600. The van der Waals surface area contributed by atoms with Gasteiger partial charge in [-0.05, 0) is 33.6 Å². The van der Waals surface area contributed by atoms with Crippen molar-refractivity contribution < 1.29 is 10.2 Å². The van der Waals surface area contributed by atoms with Crippen LogP contribution in [0.5, 0.6) is 5.75 Å². The summed E-state index contributed by atoms with van der Waals surface area (Å²) in [6.45, 7) is 8.16. The third-order valence-electron chi connectivity index (χ3n) is 3.95. The lowest BCUT2D eigenvalue weighted by Gasteiger charge is -2.43. The van der Waals surface area contributed by atoms with E-state index in [0.717, 1.165) is 31.7 Å². The molecule has 1 atom stereocenters. The molecular formula is C15H23BrN2O2. The maximum absolute atomic E-state index is 9.78. The zero-order chi connectivity index (χ0) is 14.8. The number of halogens is 1. The fourth-order valence-electron chi connectivity index (χ4n) is 2.88. The molecule has 1 aliphatic rings. The molecule has 0 amide bonds. The van der Waals surface area contributed by atoms with Crippen LogP contribution in [0.4, 0.5) is 0 Å². The van der Waals surface area contributed by atoms with Gasteiger partial charge >= 0.3 is 0 Å². The van der Waals surface area contributed by atoms with Crippen molar-refractivity contribution in [3.05, 3.63) is 28.2 Å². The highest BCUT2D eigenvalue weighted by atomic mass is 79.9. The van der Waals surface area contributed by atoms with Gasteiger partial charge in [-0.25, -0.2) is 0 Å². The van der Waals surface area contributed by atoms with E-state index in [2.05, 4.69) is 40.0 Å². The number of hydrogen-bond donors (Lipinski definition) is 3. The normalized spacial score (nSPS) is 19.0. The van der Waals surface area contributed by atoms with Crippen LogP contribution >= 0.6 is 15.9 Å². The molecule has 1 aromatic carbocycles. The van der Waals surface area contributed by atoms with Gasteiger partial charge in [0.1, 0.15) is 5.75 Å². The van der Waals surface area contributed by atoms with Gasteiger partial charge in [-0.15, -0.1) is 0 Å². The fourth-order valence-corrected chi connectivity index (χ4v) is 3.27. The minimum Gasteiger partial charge on any atom is -0.507 e. The van der Waals surface area contributed by atoms with Gasteiger partial charge in [0.25, 0.3) is 0 Å². The summed E-state index contributed by atoms with van der Waals surface area (Å²) in [7, 11) is 0. The molecule has 0 unspecified atom stereocenters. The van der Waals surface area contributed by atoms with Gasteiger partial charge in [0.2, 0.25) is 0 Å². The Kier molecular flexibility index (Phi) is 5.07. The molecule has 1 aromatic rings. The van der Waals surface area contributed by atoms with Crippen LogP contribution in [0.2, 0.25) is 0 Å². The van der Waals surface area contributed by atoms with Gasteiger partial charge < -0.3 is 15.5 Å². The first-order chi connectivity index (χ1) is 9.45. The molecule has 1 heterocycles. The van der Waals surface area contributed by atoms with Gasteiger partial charge in [0.05, 0.1) is 4.47 Å². The second-order valence-corrected chi connectivity index (χ2v) is 6.90. The maximum atomic E-state index is 9.78. The van der Waals surface area contributed by atoms with E-state index in [4.69, 9.17) is 0 Å². The number of nitrogens with zero attached hydrogens (tertiary/aromatic N) is 1. The highest BCUT2D eigenvalue weighted by Gasteiger charge is 2.35. The van der Waals surface area contributed by atoms with Gasteiger partial charge in [-0.1, -0.05) is 19.9 Å². The smallest absolute Gasteiger partial charge is 0.129 e. The van der Waals surface area contributed by atoms with Crippen LogP contribution < -0.4 is 5.32 Å². The Balaban J connectivity index is 2.36. The average molecular weight is 343 g/mol. The summed E-state index contributed by atoms with van der Waals surface area (Å²) in [5.41, 5.74) is 0.879. The predicted molar refractivity (Wildman–Crippen MR) is 83.9 cm³/mol. The molecule has 3 N–H and O–H groups in total. The summed E-state index contributed by atoms with van der Waals surface area (Å²) in [4.78, 5) is 2.41. The lowest BCUT2D eigenvalue weighted by atomic mass is 9.79. The van der Waals surface area contributed by atoms with Crippen LogP contribution in [-0.4, -0.2) is 47.9 Å². The van der Waals surface area contributed by atoms with Gasteiger partial charge in [-0.2, -0.15) is 0 Å². The van der Waals surface area contributed by atoms with Crippen molar-refractivity contribution in [2.45, 2.75) is 19.9 Å². The van der Waals surface area contributed by atoms with E-state index in [1.54, 1.807) is 6.07 Å². The number of nitrogens with one attached hydrogen (secondary N) is 1. The first kappa shape index (κ1) is 15.8. The Morgan fingerprint density at radius 3 is 2.55 bits per heavy atom. The Morgan fingerprint density at radius 1 is 1.35 bits per heavy atom. The minimum atomic E-state index is -0.242. The van der Waals surface area contributed by atoms with Crippen molar-refractivity contribution in [2.24, 2.45) is 5.41 Å². The molecule has 1 fully saturated rings. The molecule has 1 saturated heterocycles. The predicted octanol–water partition coefficient (Wildman–Crippen LogP) is 2.12. The van der Waals surface area contributed by atoms with E-state index in [9.17, 15) is 10.2 Å². The number of hydrogen-bond acceptors (Lipinski definition) is 4. The zero-order valence-electron chi connectivity index (χ0n) is 12.1. The van der Waals surface area contributed by atoms with Crippen LogP contribution in [0.1, 0.15) is 25.5 Å². The van der Waals surface area contributed by atoms with Gasteiger partial charge in [-0.3, -0.25) is 4.90 Å². The molecule has 1 aliphatic heterocycles. The topological polar surface area (TPSA) is 55.7 Å². The molecule has 2 rings (SSSR count). The SMILES string of the molecule is CC(C)(CO)[C@H](c1ccc(O)c(Br)c1)N1CCNCC1. The first-order valence-electron chi connectivity index (χ1n) is 7.00. The molecule has 0 aliphatic carbocycles. The zero-order valence-corrected chi connectivity index (χ0v) is 13.7. The summed E-state index contributed by atoms with van der Waals surface area (Å²) < 4.78 is 0.698. The maximum Gasteiger partial charge on any atom is 0.129 e. The molecule has 0 bridgehead atoms. The Bertz CT molecular complexity index is 459. The van der Waals surface area contributed by atoms with E-state index in [0.29, 0.717) is 4.47 Å². The van der Waals surface area contributed by atoms with E-state index in [1.165, 1.54) is 0 Å². The Morgan fingerprint density at radius 2 is 2.00 bits per heavy atom. The van der Waals surface area contributed by atoms with Crippen molar-refractivity contribution in [3.63, 3.8) is 0 Å². The second-order valence-electron chi connectivity index (χ2n) is 6.05. The number of benzene rings is 1. The summed E-state index contributed by atoms with van der Waals surface area (Å²) in [5, 5.41) is 22.8. The molecule has 0 radical (unpaired) electrons. The van der Waals surface area contributed by atoms with Crippen LogP contribution in [0, 0.1) is 5.41 Å². The highest BCUT2D eigenvalue weighted by Crippen LogP contribution is 2.40. The largest absolute Gasteiger partial charge is 0.507 e. The first-order valence-corrected chi connectivity index (χ1v) is 7.79. The van der Waals surface area contributed by atoms with Crippen LogP contribution in [-0.2, 0) is 0 Å². The van der Waals surface area contributed by atoms with Crippen molar-refractivity contribution in [3.8, 4) is 5.75 Å². The van der Waals surface area contributed by atoms with Crippen molar-refractivity contribution in [1.82, 2.24) is 10.2 Å². The molecule has 0 aromatic heterocycles. The Hall–Kier alpha value is -0.620. The molecule has 0 spiro atoms. The lowest BCUT2D eigenvalue weighted by Crippen LogP contribution is -2.49. The summed E-state index contributed by atoms with van der Waals surface area (Å²) in [5.74, 6) is 0.245. The number of aliphatic hydroxyl groups excluding tert-OH is 1. The summed E-state index contributed by atoms with van der Waals surface area (Å²) in [6.07, 6.45) is 0. The molecular weight excluding hydrogens is 320 g/mol. The third-order valence-corrected chi connectivity index (χ3v) is 4.59. The minimum absolute atomic E-state index is 0.125.